The maximum Gasteiger partial charge on any atom is 0.147 e. The number of aromatic nitrogens is 1. The summed E-state index contributed by atoms with van der Waals surface area (Å²) in [4.78, 5) is 9.18. The van der Waals surface area contributed by atoms with E-state index in [2.05, 4.69) is 26.9 Å². The summed E-state index contributed by atoms with van der Waals surface area (Å²) in [5.74, 6) is 0. The molecule has 1 spiro atoms. The zero-order valence-corrected chi connectivity index (χ0v) is 15.9. The van der Waals surface area contributed by atoms with Crippen LogP contribution in [0.3, 0.4) is 0 Å². The third-order valence-electron chi connectivity index (χ3n) is 6.54. The van der Waals surface area contributed by atoms with Gasteiger partial charge in [0.15, 0.2) is 0 Å². The molecule has 0 aromatic carbocycles. The first-order valence-electron chi connectivity index (χ1n) is 10.4. The number of hydrogen-bond donors (Lipinski definition) is 0. The highest BCUT2D eigenvalue weighted by Gasteiger charge is 2.37. The fourth-order valence-electron chi connectivity index (χ4n) is 4.95. The molecule has 144 valence electrons. The molecule has 2 aliphatic heterocycles. The van der Waals surface area contributed by atoms with Gasteiger partial charge >= 0.3 is 0 Å². The second kappa shape index (κ2) is 8.68. The molecule has 1 aliphatic carbocycles. The minimum atomic E-state index is 0.369. The van der Waals surface area contributed by atoms with E-state index >= 15 is 0 Å². The van der Waals surface area contributed by atoms with Gasteiger partial charge in [-0.05, 0) is 43.2 Å². The van der Waals surface area contributed by atoms with E-state index in [1.54, 1.807) is 0 Å². The van der Waals surface area contributed by atoms with Crippen LogP contribution in [0.4, 0.5) is 5.69 Å². The highest BCUT2D eigenvalue weighted by Crippen LogP contribution is 2.42. The largest absolute Gasteiger partial charge is 0.369 e. The SMILES string of the molecule is c1cc(N2CCN(CCC3CC4(CCCCC4)COCO3)CC2)ccn1. The quantitative estimate of drug-likeness (QED) is 0.825. The van der Waals surface area contributed by atoms with Gasteiger partial charge < -0.3 is 14.4 Å². The van der Waals surface area contributed by atoms with E-state index in [1.165, 1.54) is 44.2 Å². The Bertz CT molecular complexity index is 539. The standard InChI is InChI=1S/C21H33N3O2/c1-2-7-21(8-3-1)16-20(26-18-25-17-21)6-11-23-12-14-24(15-13-23)19-4-9-22-10-5-19/h4-5,9-10,20H,1-3,6-8,11-18H2. The van der Waals surface area contributed by atoms with Crippen molar-refractivity contribution in [1.29, 1.82) is 0 Å². The molecule has 1 aromatic heterocycles. The number of ether oxygens (including phenoxy) is 2. The average Bonchev–Trinajstić information content (AvgIpc) is 2.90. The maximum absolute atomic E-state index is 6.05. The van der Waals surface area contributed by atoms with Gasteiger partial charge in [0.05, 0.1) is 12.7 Å². The lowest BCUT2D eigenvalue weighted by atomic mass is 9.71. The predicted octanol–water partition coefficient (Wildman–Crippen LogP) is 3.31. The molecule has 5 heteroatoms. The van der Waals surface area contributed by atoms with Gasteiger partial charge in [-0.3, -0.25) is 9.88 Å². The molecule has 26 heavy (non-hydrogen) atoms. The van der Waals surface area contributed by atoms with Crippen molar-refractivity contribution in [2.75, 3.05) is 51.0 Å². The van der Waals surface area contributed by atoms with Gasteiger partial charge in [0.25, 0.3) is 0 Å². The molecule has 1 atom stereocenters. The van der Waals surface area contributed by atoms with E-state index in [0.717, 1.165) is 45.8 Å². The van der Waals surface area contributed by atoms with Crippen LogP contribution in [0.2, 0.25) is 0 Å². The Kier molecular flexibility index (Phi) is 6.08. The maximum atomic E-state index is 6.05. The van der Waals surface area contributed by atoms with Crippen LogP contribution in [0.15, 0.2) is 24.5 Å². The third kappa shape index (κ3) is 4.56. The Hall–Kier alpha value is -1.17. The molecule has 4 rings (SSSR count). The summed E-state index contributed by atoms with van der Waals surface area (Å²) < 4.78 is 11.9. The molecule has 0 radical (unpaired) electrons. The number of pyridine rings is 1. The van der Waals surface area contributed by atoms with Gasteiger partial charge in [-0.1, -0.05) is 19.3 Å². The van der Waals surface area contributed by atoms with Crippen molar-refractivity contribution >= 4 is 5.69 Å². The highest BCUT2D eigenvalue weighted by atomic mass is 16.7. The van der Waals surface area contributed by atoms with Crippen LogP contribution >= 0.6 is 0 Å². The average molecular weight is 360 g/mol. The normalized spacial score (nSPS) is 27.4. The number of piperazine rings is 1. The summed E-state index contributed by atoms with van der Waals surface area (Å²) in [6.07, 6.45) is 13.3. The topological polar surface area (TPSA) is 37.8 Å². The first kappa shape index (κ1) is 18.2. The van der Waals surface area contributed by atoms with Gasteiger partial charge in [-0.15, -0.1) is 0 Å². The monoisotopic (exact) mass is 359 g/mol. The van der Waals surface area contributed by atoms with Crippen molar-refractivity contribution in [3.05, 3.63) is 24.5 Å². The Balaban J connectivity index is 1.24. The van der Waals surface area contributed by atoms with E-state index in [4.69, 9.17) is 9.47 Å². The molecule has 5 nitrogen and oxygen atoms in total. The van der Waals surface area contributed by atoms with Crippen LogP contribution in [0, 0.1) is 5.41 Å². The molecular formula is C21H33N3O2. The summed E-state index contributed by atoms with van der Waals surface area (Å²) in [5.41, 5.74) is 1.70. The molecule has 0 bridgehead atoms. The number of nitrogens with zero attached hydrogens (tertiary/aromatic N) is 3. The predicted molar refractivity (Wildman–Crippen MR) is 103 cm³/mol. The first-order chi connectivity index (χ1) is 12.8. The van der Waals surface area contributed by atoms with Crippen LogP contribution in [0.25, 0.3) is 0 Å². The van der Waals surface area contributed by atoms with Gasteiger partial charge in [0.1, 0.15) is 6.79 Å². The Morgan fingerprint density at radius 2 is 1.81 bits per heavy atom. The lowest BCUT2D eigenvalue weighted by Gasteiger charge is -2.38. The van der Waals surface area contributed by atoms with Gasteiger partial charge in [-0.25, -0.2) is 0 Å². The molecule has 3 fully saturated rings. The van der Waals surface area contributed by atoms with E-state index in [1.807, 2.05) is 12.4 Å². The van der Waals surface area contributed by atoms with Crippen molar-refractivity contribution in [3.63, 3.8) is 0 Å². The van der Waals surface area contributed by atoms with E-state index in [0.29, 0.717) is 18.3 Å². The fourth-order valence-corrected chi connectivity index (χ4v) is 4.95. The minimum absolute atomic E-state index is 0.369. The second-order valence-electron chi connectivity index (χ2n) is 8.34. The summed E-state index contributed by atoms with van der Waals surface area (Å²) in [7, 11) is 0. The Morgan fingerprint density at radius 3 is 2.58 bits per heavy atom. The van der Waals surface area contributed by atoms with E-state index < -0.39 is 0 Å². The highest BCUT2D eigenvalue weighted by molar-refractivity contribution is 5.44. The smallest absolute Gasteiger partial charge is 0.147 e. The lowest BCUT2D eigenvalue weighted by molar-refractivity contribution is -0.0745. The number of anilines is 1. The van der Waals surface area contributed by atoms with Gasteiger partial charge in [0.2, 0.25) is 0 Å². The van der Waals surface area contributed by atoms with Crippen LogP contribution in [-0.2, 0) is 9.47 Å². The minimum Gasteiger partial charge on any atom is -0.369 e. The van der Waals surface area contributed by atoms with Crippen molar-refractivity contribution in [2.45, 2.75) is 51.0 Å². The van der Waals surface area contributed by atoms with Crippen molar-refractivity contribution in [2.24, 2.45) is 5.41 Å². The van der Waals surface area contributed by atoms with Gasteiger partial charge in [0, 0.05) is 50.8 Å². The number of rotatable bonds is 4. The third-order valence-corrected chi connectivity index (χ3v) is 6.54. The molecule has 3 heterocycles. The molecular weight excluding hydrogens is 326 g/mol. The molecule has 0 N–H and O–H groups in total. The van der Waals surface area contributed by atoms with E-state index in [9.17, 15) is 0 Å². The summed E-state index contributed by atoms with van der Waals surface area (Å²) in [6.45, 7) is 7.01. The molecule has 3 aliphatic rings. The zero-order valence-electron chi connectivity index (χ0n) is 15.9. The van der Waals surface area contributed by atoms with Crippen LogP contribution < -0.4 is 4.90 Å². The fraction of sp³-hybridized carbons (Fsp3) is 0.762. The van der Waals surface area contributed by atoms with Crippen LogP contribution in [0.1, 0.15) is 44.9 Å². The Morgan fingerprint density at radius 1 is 1.04 bits per heavy atom. The zero-order chi connectivity index (χ0) is 17.7. The summed E-state index contributed by atoms with van der Waals surface area (Å²) in [5, 5.41) is 0. The van der Waals surface area contributed by atoms with Crippen LogP contribution in [-0.4, -0.2) is 62.1 Å². The summed E-state index contributed by atoms with van der Waals surface area (Å²) >= 11 is 0. The van der Waals surface area contributed by atoms with Crippen LogP contribution in [0.5, 0.6) is 0 Å². The van der Waals surface area contributed by atoms with Crippen molar-refractivity contribution in [1.82, 2.24) is 9.88 Å². The Labute approximate surface area is 157 Å². The van der Waals surface area contributed by atoms with Crippen molar-refractivity contribution < 1.29 is 9.47 Å². The second-order valence-corrected chi connectivity index (χ2v) is 8.34. The van der Waals surface area contributed by atoms with E-state index in [-0.39, 0.29) is 0 Å². The van der Waals surface area contributed by atoms with Gasteiger partial charge in [-0.2, -0.15) is 0 Å². The first-order valence-corrected chi connectivity index (χ1v) is 10.4. The lowest BCUT2D eigenvalue weighted by Crippen LogP contribution is -2.47. The molecule has 0 amide bonds. The molecule has 1 saturated carbocycles. The molecule has 1 aromatic rings. The molecule has 1 unspecified atom stereocenters. The van der Waals surface area contributed by atoms with Crippen molar-refractivity contribution in [3.8, 4) is 0 Å². The number of hydrogen-bond acceptors (Lipinski definition) is 5. The summed E-state index contributed by atoms with van der Waals surface area (Å²) in [6, 6.07) is 4.22. The molecule has 2 saturated heterocycles.